The zero-order valence-corrected chi connectivity index (χ0v) is 62.5. The summed E-state index contributed by atoms with van der Waals surface area (Å²) in [7, 11) is 0. The van der Waals surface area contributed by atoms with Crippen molar-refractivity contribution in [1.82, 2.24) is 5.32 Å². The van der Waals surface area contributed by atoms with Crippen LogP contribution in [0.5, 0.6) is 0 Å². The Balaban J connectivity index is 3.54. The minimum atomic E-state index is -0.586. The molecule has 0 aliphatic heterocycles. The molecule has 0 aliphatic carbocycles. The molecule has 0 heterocycles. The van der Waals surface area contributed by atoms with Gasteiger partial charge in [0.25, 0.3) is 0 Å². The molecule has 25 heteroatoms. The molecule has 0 aromatic carbocycles. The second-order valence-corrected chi connectivity index (χ2v) is 25.7. The molecule has 2 unspecified atom stereocenters. The number of ether oxygens (including phenoxy) is 12. The molecule has 0 radical (unpaired) electrons. The molecule has 0 aromatic heterocycles. The zero-order chi connectivity index (χ0) is 74.3. The van der Waals surface area contributed by atoms with Gasteiger partial charge in [0.15, 0.2) is 0 Å². The third kappa shape index (κ3) is 67.7. The molecule has 101 heavy (non-hydrogen) atoms. The van der Waals surface area contributed by atoms with E-state index in [2.05, 4.69) is 19.2 Å². The van der Waals surface area contributed by atoms with Gasteiger partial charge in [0.05, 0.1) is 85.1 Å². The lowest BCUT2D eigenvalue weighted by Gasteiger charge is -2.14. The average molecular weight is 1440 g/mol. The lowest BCUT2D eigenvalue weighted by Crippen LogP contribution is -2.29. The molecule has 2 atom stereocenters. The fraction of sp³-hybridized carbons (Fsp3) is 0.842. The van der Waals surface area contributed by atoms with Crippen molar-refractivity contribution in [1.29, 1.82) is 0 Å². The van der Waals surface area contributed by atoms with Crippen LogP contribution in [0.4, 0.5) is 4.79 Å². The second kappa shape index (κ2) is 70.5. The molecule has 584 valence electrons. The summed E-state index contributed by atoms with van der Waals surface area (Å²) in [6.07, 6.45) is 27.5. The first-order valence-corrected chi connectivity index (χ1v) is 38.6. The molecule has 0 aliphatic rings. The summed E-state index contributed by atoms with van der Waals surface area (Å²) in [6, 6.07) is 0. The van der Waals surface area contributed by atoms with E-state index in [9.17, 15) is 57.5 Å². The fourth-order valence-electron chi connectivity index (χ4n) is 9.82. The number of nitrogens with one attached hydrogen (secondary N) is 1. The maximum absolute atomic E-state index is 12.1. The first kappa shape index (κ1) is 94.4. The van der Waals surface area contributed by atoms with E-state index in [-0.39, 0.29) is 183 Å². The Morgan fingerprint density at radius 2 is 0.475 bits per heavy atom. The van der Waals surface area contributed by atoms with E-state index in [1.807, 2.05) is 6.92 Å². The van der Waals surface area contributed by atoms with Crippen LogP contribution in [0.3, 0.4) is 0 Å². The second-order valence-electron chi connectivity index (χ2n) is 25.7. The van der Waals surface area contributed by atoms with Crippen LogP contribution < -0.4 is 5.32 Å². The minimum absolute atomic E-state index is 0.0835. The average Bonchev–Trinajstić information content (AvgIpc) is 2.78. The minimum Gasteiger partial charge on any atom is -0.466 e. The Labute approximate surface area is 603 Å². The van der Waals surface area contributed by atoms with Gasteiger partial charge in [-0.2, -0.15) is 0 Å². The smallest absolute Gasteiger partial charge is 0.407 e. The Morgan fingerprint density at radius 1 is 0.248 bits per heavy atom. The number of carbonyl (C=O) groups is 12. The molecule has 0 saturated carbocycles. The van der Waals surface area contributed by atoms with E-state index in [0.29, 0.717) is 218 Å². The van der Waals surface area contributed by atoms with Crippen molar-refractivity contribution >= 4 is 71.8 Å². The Hall–Kier alpha value is -6.56. The van der Waals surface area contributed by atoms with Gasteiger partial charge < -0.3 is 62.2 Å². The molecule has 0 spiro atoms. The van der Waals surface area contributed by atoms with Gasteiger partial charge in [-0.1, -0.05) is 47.0 Å². The summed E-state index contributed by atoms with van der Waals surface area (Å²) < 4.78 is 63.3. The van der Waals surface area contributed by atoms with Crippen molar-refractivity contribution in [3.8, 4) is 0 Å². The largest absolute Gasteiger partial charge is 0.466 e. The van der Waals surface area contributed by atoms with Gasteiger partial charge in [-0.05, 0) is 211 Å². The molecule has 0 bridgehead atoms. The summed E-state index contributed by atoms with van der Waals surface area (Å²) in [5, 5.41) is 2.52. The third-order valence-electron chi connectivity index (χ3n) is 16.5. The molecular formula is C76H131NO24. The van der Waals surface area contributed by atoms with Gasteiger partial charge in [0.2, 0.25) is 0 Å². The Morgan fingerprint density at radius 3 is 0.693 bits per heavy atom. The lowest BCUT2D eigenvalue weighted by molar-refractivity contribution is -0.148. The van der Waals surface area contributed by atoms with E-state index >= 15 is 0 Å². The van der Waals surface area contributed by atoms with Crippen LogP contribution in [-0.4, -0.2) is 158 Å². The molecule has 25 nitrogen and oxygen atoms in total. The van der Waals surface area contributed by atoms with Crippen molar-refractivity contribution in [3.63, 3.8) is 0 Å². The first-order chi connectivity index (χ1) is 49.0. The van der Waals surface area contributed by atoms with Gasteiger partial charge in [0, 0.05) is 64.2 Å². The molecule has 1 amide bonds. The Bertz CT molecular complexity index is 2190. The highest BCUT2D eigenvalue weighted by Gasteiger charge is 2.15. The normalized spacial score (nSPS) is 11.5. The maximum atomic E-state index is 12.1. The number of hydrogen-bond acceptors (Lipinski definition) is 24. The summed E-state index contributed by atoms with van der Waals surface area (Å²) in [5.74, 6) is -2.71. The first-order valence-electron chi connectivity index (χ1n) is 38.6. The predicted octanol–water partition coefficient (Wildman–Crippen LogP) is 14.6. The maximum Gasteiger partial charge on any atom is 0.407 e. The predicted molar refractivity (Wildman–Crippen MR) is 377 cm³/mol. The van der Waals surface area contributed by atoms with Crippen LogP contribution in [0.15, 0.2) is 0 Å². The lowest BCUT2D eigenvalue weighted by atomic mass is 10.0. The van der Waals surface area contributed by atoms with Crippen LogP contribution in [0.25, 0.3) is 0 Å². The van der Waals surface area contributed by atoms with Crippen LogP contribution >= 0.6 is 0 Å². The van der Waals surface area contributed by atoms with Crippen LogP contribution in [-0.2, 0) is 110 Å². The van der Waals surface area contributed by atoms with E-state index < -0.39 is 6.09 Å². The van der Waals surface area contributed by atoms with Crippen molar-refractivity contribution < 1.29 is 114 Å². The number of rotatable bonds is 71. The molecule has 1 N–H and O–H groups in total. The highest BCUT2D eigenvalue weighted by molar-refractivity contribution is 5.73. The number of carbonyl (C=O) groups excluding carboxylic acids is 12. The monoisotopic (exact) mass is 1440 g/mol. The third-order valence-corrected chi connectivity index (χ3v) is 16.5. The summed E-state index contributed by atoms with van der Waals surface area (Å²) in [6.45, 7) is 11.5. The topological polar surface area (TPSA) is 328 Å². The Kier molecular flexibility index (Phi) is 65.9. The molecular weight excluding hydrogens is 1310 g/mol. The highest BCUT2D eigenvalue weighted by atomic mass is 16.6. The van der Waals surface area contributed by atoms with E-state index in [1.165, 1.54) is 0 Å². The molecule has 0 aromatic rings. The van der Waals surface area contributed by atoms with Gasteiger partial charge in [-0.3, -0.25) is 52.7 Å². The number of esters is 11. The molecule has 0 rings (SSSR count). The van der Waals surface area contributed by atoms with Gasteiger partial charge in [-0.25, -0.2) is 4.79 Å². The van der Waals surface area contributed by atoms with Crippen LogP contribution in [0.1, 0.15) is 317 Å². The van der Waals surface area contributed by atoms with E-state index in [0.717, 1.165) is 51.4 Å². The van der Waals surface area contributed by atoms with Crippen molar-refractivity contribution in [2.24, 2.45) is 11.8 Å². The highest BCUT2D eigenvalue weighted by Crippen LogP contribution is 2.16. The van der Waals surface area contributed by atoms with E-state index in [1.54, 1.807) is 6.92 Å². The summed E-state index contributed by atoms with van der Waals surface area (Å²) in [4.78, 5) is 144. The number of unbranched alkanes of at least 4 members (excludes halogenated alkanes) is 21. The van der Waals surface area contributed by atoms with Gasteiger partial charge in [0.1, 0.15) is 6.61 Å². The standard InChI is InChI=1S/C76H131NO24/c1-5-8-39-64(7-3)62-101-74(87)49-28-17-37-59-98-72(85)47-26-15-35-57-96-70(83)45-24-13-33-55-94-68(81)43-22-11-31-53-92-66(79)41-20-9-29-51-90-65(78)40-19-10-30-52-91-67(80)42-21-12-32-54-93-69(82)44-23-14-34-56-95-71(84)46-25-16-36-58-97-73(86)48-27-18-38-60-100-76(89)77-50-61-99-75(88)63(4)6-2/h63-64H,5-62H2,1-4H3,(H,77,89). The number of hydrogen-bond donors (Lipinski definition) is 1. The van der Waals surface area contributed by atoms with E-state index in [4.69, 9.17) is 56.8 Å². The van der Waals surface area contributed by atoms with Crippen LogP contribution in [0, 0.1) is 11.8 Å². The van der Waals surface area contributed by atoms with Gasteiger partial charge in [-0.15, -0.1) is 0 Å². The SMILES string of the molecule is CCCCC(CC)COC(=O)CCCCCOC(=O)CCCCCOC(=O)CCCCCOC(=O)CCCCCOC(=O)CCCCCOC(=O)CCCCCOC(=O)CCCCCOC(=O)CCCCCOC(=O)CCCCCOC(=O)CCCCCOC(=O)NCCOC(=O)C(C)CC. The fourth-order valence-corrected chi connectivity index (χ4v) is 9.82. The van der Waals surface area contributed by atoms with Crippen molar-refractivity contribution in [2.75, 3.05) is 85.8 Å². The van der Waals surface area contributed by atoms with Crippen LogP contribution in [0.2, 0.25) is 0 Å². The molecule has 0 saturated heterocycles. The molecule has 0 fully saturated rings. The number of amides is 1. The number of alkyl carbamates (subject to hydrolysis) is 1. The quantitative estimate of drug-likeness (QED) is 0.0336. The van der Waals surface area contributed by atoms with Crippen molar-refractivity contribution in [2.45, 2.75) is 317 Å². The zero-order valence-electron chi connectivity index (χ0n) is 62.5. The van der Waals surface area contributed by atoms with Crippen molar-refractivity contribution in [3.05, 3.63) is 0 Å². The summed E-state index contributed by atoms with van der Waals surface area (Å²) >= 11 is 0. The van der Waals surface area contributed by atoms with Gasteiger partial charge >= 0.3 is 71.8 Å². The summed E-state index contributed by atoms with van der Waals surface area (Å²) in [5.41, 5.74) is 0.